The van der Waals surface area contributed by atoms with E-state index in [0.29, 0.717) is 0 Å². The summed E-state index contributed by atoms with van der Waals surface area (Å²) >= 11 is 3.44. The van der Waals surface area contributed by atoms with Crippen molar-refractivity contribution in [1.29, 1.82) is 0 Å². The Morgan fingerprint density at radius 3 is 1.93 bits per heavy atom. The molecule has 1 aromatic rings. The zero-order valence-corrected chi connectivity index (χ0v) is 11.4. The van der Waals surface area contributed by atoms with E-state index in [0.717, 1.165) is 21.5 Å². The number of halogens is 1. The molecule has 0 N–H and O–H groups in total. The quantitative estimate of drug-likeness (QED) is 0.816. The second kappa shape index (κ2) is 4.44. The molecule has 0 fully saturated rings. The van der Waals surface area contributed by atoms with Crippen molar-refractivity contribution in [2.24, 2.45) is 0 Å². The molecule has 0 amide bonds. The molecule has 1 rings (SSSR count). The van der Waals surface area contributed by atoms with E-state index < -0.39 is 0 Å². The Bertz CT molecular complexity index is 353. The van der Waals surface area contributed by atoms with Gasteiger partial charge in [0.05, 0.1) is 18.7 Å². The van der Waals surface area contributed by atoms with Crippen LogP contribution in [0.25, 0.3) is 0 Å². The van der Waals surface area contributed by atoms with Gasteiger partial charge in [0.2, 0.25) is 0 Å². The van der Waals surface area contributed by atoms with Crippen LogP contribution in [0.4, 0.5) is 0 Å². The van der Waals surface area contributed by atoms with Gasteiger partial charge in [-0.15, -0.1) is 0 Å². The monoisotopic (exact) mass is 272 g/mol. The van der Waals surface area contributed by atoms with Crippen molar-refractivity contribution in [2.45, 2.75) is 26.2 Å². The zero-order chi connectivity index (χ0) is 11.6. The van der Waals surface area contributed by atoms with Gasteiger partial charge in [0.25, 0.3) is 0 Å². The van der Waals surface area contributed by atoms with Crippen LogP contribution < -0.4 is 9.47 Å². The summed E-state index contributed by atoms with van der Waals surface area (Å²) in [6.45, 7) is 6.45. The number of benzene rings is 1. The van der Waals surface area contributed by atoms with Crippen molar-refractivity contribution in [3.63, 3.8) is 0 Å². The van der Waals surface area contributed by atoms with Gasteiger partial charge < -0.3 is 9.47 Å². The van der Waals surface area contributed by atoms with E-state index >= 15 is 0 Å². The first kappa shape index (κ1) is 12.4. The highest BCUT2D eigenvalue weighted by Gasteiger charge is 2.21. The largest absolute Gasteiger partial charge is 0.496 e. The standard InChI is InChI=1S/C12H17BrO2/c1-12(2,3)8-6-11(15-5)9(13)7-10(8)14-4/h6-7H,1-5H3. The minimum Gasteiger partial charge on any atom is -0.496 e. The lowest BCUT2D eigenvalue weighted by Gasteiger charge is -2.23. The third-order valence-corrected chi connectivity index (χ3v) is 2.90. The topological polar surface area (TPSA) is 18.5 Å². The lowest BCUT2D eigenvalue weighted by molar-refractivity contribution is 0.386. The molecule has 84 valence electrons. The van der Waals surface area contributed by atoms with Gasteiger partial charge in [-0.1, -0.05) is 20.8 Å². The molecule has 0 aliphatic heterocycles. The summed E-state index contributed by atoms with van der Waals surface area (Å²) in [6.07, 6.45) is 0. The van der Waals surface area contributed by atoms with Crippen LogP contribution in [-0.4, -0.2) is 14.2 Å². The summed E-state index contributed by atoms with van der Waals surface area (Å²) in [5.74, 6) is 1.72. The van der Waals surface area contributed by atoms with E-state index in [4.69, 9.17) is 9.47 Å². The van der Waals surface area contributed by atoms with E-state index in [1.807, 2.05) is 12.1 Å². The van der Waals surface area contributed by atoms with Gasteiger partial charge in [-0.3, -0.25) is 0 Å². The molecule has 0 atom stereocenters. The smallest absolute Gasteiger partial charge is 0.133 e. The number of hydrogen-bond donors (Lipinski definition) is 0. The second-order valence-electron chi connectivity index (χ2n) is 4.44. The normalized spacial score (nSPS) is 11.3. The van der Waals surface area contributed by atoms with Gasteiger partial charge >= 0.3 is 0 Å². The van der Waals surface area contributed by atoms with Crippen LogP contribution in [0.3, 0.4) is 0 Å². The van der Waals surface area contributed by atoms with Gasteiger partial charge in [0, 0.05) is 5.56 Å². The lowest BCUT2D eigenvalue weighted by Crippen LogP contribution is -2.13. The molecular formula is C12H17BrO2. The Morgan fingerprint density at radius 2 is 1.53 bits per heavy atom. The molecule has 0 spiro atoms. The molecule has 3 heteroatoms. The summed E-state index contributed by atoms with van der Waals surface area (Å²) in [7, 11) is 3.35. The van der Waals surface area contributed by atoms with E-state index in [-0.39, 0.29) is 5.41 Å². The average molecular weight is 273 g/mol. The van der Waals surface area contributed by atoms with Crippen molar-refractivity contribution < 1.29 is 9.47 Å². The fourth-order valence-corrected chi connectivity index (χ4v) is 1.93. The Hall–Kier alpha value is -0.700. The molecule has 0 aliphatic rings. The number of rotatable bonds is 2. The van der Waals surface area contributed by atoms with E-state index in [9.17, 15) is 0 Å². The molecule has 0 unspecified atom stereocenters. The maximum atomic E-state index is 5.37. The molecule has 0 bridgehead atoms. The van der Waals surface area contributed by atoms with Gasteiger partial charge in [0.15, 0.2) is 0 Å². The van der Waals surface area contributed by atoms with Crippen LogP contribution in [0.2, 0.25) is 0 Å². The maximum absolute atomic E-state index is 5.37. The average Bonchev–Trinajstić information content (AvgIpc) is 2.15. The van der Waals surface area contributed by atoms with Gasteiger partial charge in [-0.05, 0) is 33.5 Å². The van der Waals surface area contributed by atoms with E-state index in [2.05, 4.69) is 36.7 Å². The molecular weight excluding hydrogens is 256 g/mol. The van der Waals surface area contributed by atoms with Crippen molar-refractivity contribution in [2.75, 3.05) is 14.2 Å². The highest BCUT2D eigenvalue weighted by molar-refractivity contribution is 9.10. The summed E-state index contributed by atoms with van der Waals surface area (Å²) in [5.41, 5.74) is 1.18. The molecule has 15 heavy (non-hydrogen) atoms. The first-order chi connectivity index (χ1) is 6.90. The summed E-state index contributed by atoms with van der Waals surface area (Å²) < 4.78 is 11.6. The predicted octanol–water partition coefficient (Wildman–Crippen LogP) is 3.76. The van der Waals surface area contributed by atoms with Crippen molar-refractivity contribution in [1.82, 2.24) is 0 Å². The molecule has 0 aliphatic carbocycles. The molecule has 0 saturated carbocycles. The molecule has 0 saturated heterocycles. The van der Waals surface area contributed by atoms with E-state index in [1.165, 1.54) is 0 Å². The number of ether oxygens (including phenoxy) is 2. The highest BCUT2D eigenvalue weighted by atomic mass is 79.9. The van der Waals surface area contributed by atoms with Gasteiger partial charge in [0.1, 0.15) is 11.5 Å². The summed E-state index contributed by atoms with van der Waals surface area (Å²) in [6, 6.07) is 3.96. The Labute approximate surface area is 99.7 Å². The minimum atomic E-state index is 0.0410. The summed E-state index contributed by atoms with van der Waals surface area (Å²) in [4.78, 5) is 0. The predicted molar refractivity (Wildman–Crippen MR) is 65.9 cm³/mol. The van der Waals surface area contributed by atoms with Crippen LogP contribution in [0.1, 0.15) is 26.3 Å². The van der Waals surface area contributed by atoms with Gasteiger partial charge in [-0.25, -0.2) is 0 Å². The van der Waals surface area contributed by atoms with Crippen molar-refractivity contribution >= 4 is 15.9 Å². The zero-order valence-electron chi connectivity index (χ0n) is 9.85. The second-order valence-corrected chi connectivity index (χ2v) is 5.29. The Balaban J connectivity index is 3.36. The van der Waals surface area contributed by atoms with Crippen LogP contribution in [0, 0.1) is 0 Å². The Kier molecular flexibility index (Phi) is 3.66. The third kappa shape index (κ3) is 2.65. The molecule has 1 aromatic carbocycles. The lowest BCUT2D eigenvalue weighted by atomic mass is 9.86. The van der Waals surface area contributed by atoms with Crippen molar-refractivity contribution in [3.8, 4) is 11.5 Å². The molecule has 0 aromatic heterocycles. The van der Waals surface area contributed by atoms with E-state index in [1.54, 1.807) is 14.2 Å². The van der Waals surface area contributed by atoms with Crippen molar-refractivity contribution in [3.05, 3.63) is 22.2 Å². The Morgan fingerprint density at radius 1 is 1.00 bits per heavy atom. The molecule has 0 radical (unpaired) electrons. The number of hydrogen-bond acceptors (Lipinski definition) is 2. The first-order valence-corrected chi connectivity index (χ1v) is 5.61. The highest BCUT2D eigenvalue weighted by Crippen LogP contribution is 2.38. The first-order valence-electron chi connectivity index (χ1n) is 4.82. The van der Waals surface area contributed by atoms with Crippen LogP contribution in [0.15, 0.2) is 16.6 Å². The fraction of sp³-hybridized carbons (Fsp3) is 0.500. The number of methoxy groups -OCH3 is 2. The maximum Gasteiger partial charge on any atom is 0.133 e. The molecule has 2 nitrogen and oxygen atoms in total. The van der Waals surface area contributed by atoms with Gasteiger partial charge in [-0.2, -0.15) is 0 Å². The van der Waals surface area contributed by atoms with Crippen LogP contribution in [-0.2, 0) is 5.41 Å². The third-order valence-electron chi connectivity index (χ3n) is 2.28. The van der Waals surface area contributed by atoms with Crippen LogP contribution >= 0.6 is 15.9 Å². The van der Waals surface area contributed by atoms with Crippen LogP contribution in [0.5, 0.6) is 11.5 Å². The molecule has 0 heterocycles. The fourth-order valence-electron chi connectivity index (χ4n) is 1.45. The SMILES string of the molecule is COc1cc(C(C)(C)C)c(OC)cc1Br. The minimum absolute atomic E-state index is 0.0410. The summed E-state index contributed by atoms with van der Waals surface area (Å²) in [5, 5.41) is 0.